The highest BCUT2D eigenvalue weighted by molar-refractivity contribution is 7.61. The van der Waals surface area contributed by atoms with Crippen molar-refractivity contribution in [3.63, 3.8) is 0 Å². The van der Waals surface area contributed by atoms with E-state index >= 15 is 0 Å². The van der Waals surface area contributed by atoms with Gasteiger partial charge in [-0.1, -0.05) is 48.2 Å². The highest BCUT2D eigenvalue weighted by Gasteiger charge is 2.56. The molecule has 73 heavy (non-hydrogen) atoms. The molecule has 10 rings (SSSR count). The van der Waals surface area contributed by atoms with Crippen molar-refractivity contribution in [2.75, 3.05) is 36.9 Å². The van der Waals surface area contributed by atoms with E-state index in [4.69, 9.17) is 41.8 Å². The lowest BCUT2D eigenvalue weighted by Gasteiger charge is -2.22. The fourth-order valence-electron chi connectivity index (χ4n) is 8.25. The predicted molar refractivity (Wildman–Crippen MR) is 250 cm³/mol. The van der Waals surface area contributed by atoms with Crippen LogP contribution in [0.25, 0.3) is 22.3 Å². The summed E-state index contributed by atoms with van der Waals surface area (Å²) in [5.41, 5.74) is 2.24. The Morgan fingerprint density at radius 3 is 1.42 bits per heavy atom. The van der Waals surface area contributed by atoms with Gasteiger partial charge in [-0.05, 0) is 50.0 Å². The van der Waals surface area contributed by atoms with Crippen molar-refractivity contribution in [2.24, 2.45) is 0 Å². The maximum Gasteiger partial charge on any atom is 0.481 e. The van der Waals surface area contributed by atoms with Gasteiger partial charge in [-0.3, -0.25) is 28.8 Å². The number of anilines is 2. The molecule has 4 fully saturated rings. The average molecular weight is 1040 g/mol. The maximum atomic E-state index is 13.5. The Morgan fingerprint density at radius 2 is 1.01 bits per heavy atom. The molecule has 4 aromatic heterocycles. The number of urea groups is 2. The molecule has 0 spiro atoms. The zero-order chi connectivity index (χ0) is 50.7. The number of benzene rings is 2. The third-order valence-electron chi connectivity index (χ3n) is 11.3. The normalized spacial score (nSPS) is 26.6. The van der Waals surface area contributed by atoms with E-state index in [2.05, 4.69) is 74.9 Å². The number of nitrogens with one attached hydrogen (secondary N) is 4. The lowest BCUT2D eigenvalue weighted by atomic mass is 10.1. The average Bonchev–Trinajstić information content (AvgIpc) is 4.24. The smallest absolute Gasteiger partial charge is 0.347 e. The van der Waals surface area contributed by atoms with Crippen molar-refractivity contribution >= 4 is 61.7 Å². The van der Waals surface area contributed by atoms with Crippen LogP contribution in [0.15, 0.2) is 86.0 Å². The van der Waals surface area contributed by atoms with E-state index in [-0.39, 0.29) is 34.0 Å². The van der Waals surface area contributed by atoms with Crippen LogP contribution in [0, 0.1) is 23.7 Å². The third-order valence-corrected chi connectivity index (χ3v) is 13.9. The number of ether oxygens (including phenoxy) is 6. The van der Waals surface area contributed by atoms with Crippen molar-refractivity contribution < 1.29 is 70.3 Å². The number of phosphoric acid groups is 2. The van der Waals surface area contributed by atoms with E-state index in [1.165, 1.54) is 34.4 Å². The van der Waals surface area contributed by atoms with Crippen LogP contribution in [-0.4, -0.2) is 136 Å². The van der Waals surface area contributed by atoms with Gasteiger partial charge in [0.1, 0.15) is 49.3 Å². The second kappa shape index (κ2) is 21.4. The predicted octanol–water partition coefficient (Wildman–Crippen LogP) is 3.32. The lowest BCUT2D eigenvalue weighted by molar-refractivity contribution is -0.130. The molecule has 6 N–H and O–H groups in total. The van der Waals surface area contributed by atoms with Crippen LogP contribution in [0.5, 0.6) is 0 Å². The van der Waals surface area contributed by atoms with E-state index in [0.29, 0.717) is 24.2 Å². The molecule has 2 aromatic carbocycles. The third kappa shape index (κ3) is 11.1. The lowest BCUT2D eigenvalue weighted by Crippen LogP contribution is -2.32. The minimum Gasteiger partial charge on any atom is -0.347 e. The van der Waals surface area contributed by atoms with Crippen LogP contribution >= 0.6 is 15.6 Å². The van der Waals surface area contributed by atoms with Gasteiger partial charge in [-0.25, -0.2) is 48.6 Å². The number of imidazole rings is 2. The monoisotopic (exact) mass is 1040 g/mol. The van der Waals surface area contributed by atoms with Gasteiger partial charge in [0, 0.05) is 24.2 Å². The van der Waals surface area contributed by atoms with Crippen molar-refractivity contribution in [1.29, 1.82) is 0 Å². The van der Waals surface area contributed by atoms with Crippen molar-refractivity contribution in [1.82, 2.24) is 49.7 Å². The molecule has 0 radical (unpaired) electrons. The standard InChI is InChI=1S/C44H44N12O15P2/c1-3-45-43(57)53-37-31-39(49-21-47-37)55(23-51-31)41-35-33(67-29(69-35)17-15-25-11-7-5-8-12-25)27(65-41)19-63-72(59,60)71-73(61,62)64-20-28-34-36(70-30(68-34)18-16-26-13-9-6-10-14-26)42(66-28)56-24-52-32-38(48-22-50-40(32)56)54-44(58)46-4-2/h5-14,21-24,27-30,33-36,41-42H,3-4,19-20H2,1-2H3,(H,59,60)(H,61,62)(H2,45,47,49,53,57)(H2,46,48,50,54,58)/t27-,28-,29?,30?,33?,34?,35?,36?,41-,42?/m1/s1. The van der Waals surface area contributed by atoms with Crippen LogP contribution in [0.1, 0.15) is 37.4 Å². The van der Waals surface area contributed by atoms with Crippen molar-refractivity contribution in [3.05, 3.63) is 97.1 Å². The van der Waals surface area contributed by atoms with Crippen molar-refractivity contribution in [3.8, 4) is 23.7 Å². The number of hydrogen-bond acceptors (Lipinski definition) is 19. The molecule has 27 nitrogen and oxygen atoms in total. The number of phosphoric ester groups is 2. The summed E-state index contributed by atoms with van der Waals surface area (Å²) in [6.45, 7) is 2.75. The molecule has 4 saturated heterocycles. The van der Waals surface area contributed by atoms with Gasteiger partial charge in [0.05, 0.1) is 25.9 Å². The van der Waals surface area contributed by atoms with E-state index in [0.717, 1.165) is 0 Å². The van der Waals surface area contributed by atoms with Crippen LogP contribution in [0.3, 0.4) is 0 Å². The molecule has 4 amide bonds. The van der Waals surface area contributed by atoms with Gasteiger partial charge in [0.15, 0.2) is 46.4 Å². The Labute approximate surface area is 413 Å². The second-order valence-electron chi connectivity index (χ2n) is 16.1. The fourth-order valence-corrected chi connectivity index (χ4v) is 10.3. The molecule has 0 saturated carbocycles. The Kier molecular flexibility index (Phi) is 14.6. The summed E-state index contributed by atoms with van der Waals surface area (Å²) in [4.78, 5) is 72.2. The number of amides is 4. The fraction of sp³-hybridized carbons (Fsp3) is 0.364. The number of hydrogen-bond donors (Lipinski definition) is 6. The molecule has 6 aromatic rings. The van der Waals surface area contributed by atoms with Crippen LogP contribution < -0.4 is 21.3 Å². The molecule has 8 heterocycles. The molecule has 380 valence electrons. The van der Waals surface area contributed by atoms with Gasteiger partial charge in [-0.2, -0.15) is 4.31 Å². The van der Waals surface area contributed by atoms with Crippen LogP contribution in [-0.2, 0) is 50.9 Å². The molecular weight excluding hydrogens is 999 g/mol. The molecule has 4 aliphatic rings. The summed E-state index contributed by atoms with van der Waals surface area (Å²) in [7, 11) is -10.9. The molecule has 4 aliphatic heterocycles. The first-order chi connectivity index (χ1) is 35.3. The minimum absolute atomic E-state index is 0.109. The van der Waals surface area contributed by atoms with Gasteiger partial charge < -0.3 is 48.8 Å². The summed E-state index contributed by atoms with van der Waals surface area (Å²) in [6.07, 6.45) is -5.36. The molecule has 0 aliphatic carbocycles. The van der Waals surface area contributed by atoms with Gasteiger partial charge in [0.2, 0.25) is 12.6 Å². The maximum absolute atomic E-state index is 13.5. The van der Waals surface area contributed by atoms with E-state index in [1.54, 1.807) is 38.1 Å². The summed E-state index contributed by atoms with van der Waals surface area (Å²) >= 11 is 0. The van der Waals surface area contributed by atoms with E-state index in [9.17, 15) is 28.5 Å². The minimum atomic E-state index is -5.45. The SMILES string of the molecule is CCNC(=O)Nc1ncnc2c1ncn2C1O[C@H](COP(=O)(O)OP(=O)(O)OC[C@H]2O[C@@H](n3cnc4c(NC(=O)NCC)ncnc43)C3OC(C#Cc4ccccc4)OC32)C2OC(C#Cc3ccccc3)OC21. The quantitative estimate of drug-likeness (QED) is 0.0673. The number of fused-ring (bicyclic) bond motifs is 4. The van der Waals surface area contributed by atoms with Crippen LogP contribution in [0.2, 0.25) is 0 Å². The highest BCUT2D eigenvalue weighted by atomic mass is 31.3. The first-order valence-electron chi connectivity index (χ1n) is 22.5. The number of nitrogens with zero attached hydrogens (tertiary/aromatic N) is 8. The Bertz CT molecular complexity index is 3010. The topological polar surface area (TPSA) is 327 Å². The Morgan fingerprint density at radius 1 is 0.603 bits per heavy atom. The first kappa shape index (κ1) is 49.8. The summed E-state index contributed by atoms with van der Waals surface area (Å²) in [6, 6.07) is 17.1. The van der Waals surface area contributed by atoms with E-state index < -0.39 is 103 Å². The first-order valence-corrected chi connectivity index (χ1v) is 25.5. The Hall–Kier alpha value is -6.78. The van der Waals surface area contributed by atoms with Crippen molar-refractivity contribution in [2.45, 2.75) is 75.5 Å². The number of carbonyl (C=O) groups is 2. The van der Waals surface area contributed by atoms with Crippen LogP contribution in [0.4, 0.5) is 21.2 Å². The second-order valence-corrected chi connectivity index (χ2v) is 19.2. The van der Waals surface area contributed by atoms with E-state index in [1.807, 2.05) is 36.4 Å². The number of rotatable bonds is 14. The zero-order valence-corrected chi connectivity index (χ0v) is 40.1. The molecular formula is C44H44N12O15P2. The summed E-state index contributed by atoms with van der Waals surface area (Å²) in [5, 5.41) is 10.5. The summed E-state index contributed by atoms with van der Waals surface area (Å²) < 4.78 is 82.5. The highest BCUT2D eigenvalue weighted by Crippen LogP contribution is 2.61. The Balaban J connectivity index is 0.835. The summed E-state index contributed by atoms with van der Waals surface area (Å²) in [5.74, 6) is 12.0. The molecule has 9 unspecified atom stereocenters. The van der Waals surface area contributed by atoms with Gasteiger partial charge in [0.25, 0.3) is 0 Å². The van der Waals surface area contributed by atoms with Gasteiger partial charge in [-0.15, -0.1) is 0 Å². The molecule has 0 bridgehead atoms. The number of carbonyl (C=O) groups excluding carboxylic acids is 2. The van der Waals surface area contributed by atoms with Gasteiger partial charge >= 0.3 is 27.7 Å². The largest absolute Gasteiger partial charge is 0.481 e. The number of aromatic nitrogens is 8. The zero-order valence-electron chi connectivity index (χ0n) is 38.4. The molecule has 29 heteroatoms. The molecule has 12 atom stereocenters.